The van der Waals surface area contributed by atoms with Crippen molar-refractivity contribution in [2.75, 3.05) is 0 Å². The van der Waals surface area contributed by atoms with E-state index in [0.717, 1.165) is 5.56 Å². The Hall–Kier alpha value is -0.770. The van der Waals surface area contributed by atoms with Gasteiger partial charge in [-0.25, -0.2) is 0 Å². The van der Waals surface area contributed by atoms with Crippen molar-refractivity contribution in [2.45, 2.75) is 46.3 Å². The van der Waals surface area contributed by atoms with Gasteiger partial charge in [-0.1, -0.05) is 37.0 Å². The molecule has 1 amide bonds. The molecule has 0 fully saturated rings. The Balaban J connectivity index is 2.98. The molecule has 0 aliphatic rings. The van der Waals surface area contributed by atoms with E-state index in [-0.39, 0.29) is 17.9 Å². The van der Waals surface area contributed by atoms with Crippen molar-refractivity contribution in [3.63, 3.8) is 0 Å². The Morgan fingerprint density at radius 2 is 1.85 bits per heavy atom. The van der Waals surface area contributed by atoms with Crippen LogP contribution < -0.4 is 5.73 Å². The largest absolute Gasteiger partial charge is 0.335 e. The number of halogens is 2. The summed E-state index contributed by atoms with van der Waals surface area (Å²) in [6, 6.07) is 4.80. The number of carbonyl (C=O) groups excluding carboxylic acids is 1. The van der Waals surface area contributed by atoms with Gasteiger partial charge < -0.3 is 10.6 Å². The number of hydrogen-bond donors (Lipinski definition) is 1. The second-order valence-electron chi connectivity index (χ2n) is 5.57. The van der Waals surface area contributed by atoms with Gasteiger partial charge in [0.15, 0.2) is 0 Å². The molecule has 0 radical (unpaired) electrons. The van der Waals surface area contributed by atoms with E-state index in [2.05, 4.69) is 0 Å². The van der Waals surface area contributed by atoms with Crippen LogP contribution in [0.1, 0.15) is 33.3 Å². The van der Waals surface area contributed by atoms with E-state index < -0.39 is 6.04 Å². The van der Waals surface area contributed by atoms with Crippen LogP contribution in [0.15, 0.2) is 18.2 Å². The third-order valence-electron chi connectivity index (χ3n) is 3.26. The molecule has 1 atom stereocenters. The van der Waals surface area contributed by atoms with Crippen LogP contribution in [0.5, 0.6) is 0 Å². The van der Waals surface area contributed by atoms with Gasteiger partial charge in [0.2, 0.25) is 5.91 Å². The number of carbonyl (C=O) groups is 1. The number of nitrogens with two attached hydrogens (primary N) is 1. The van der Waals surface area contributed by atoms with E-state index in [1.54, 1.807) is 23.1 Å². The summed E-state index contributed by atoms with van der Waals surface area (Å²) >= 11 is 12.1. The fraction of sp³-hybridized carbons (Fsp3) is 0.533. The molecule has 0 unspecified atom stereocenters. The summed E-state index contributed by atoms with van der Waals surface area (Å²) in [4.78, 5) is 14.2. The second-order valence-corrected chi connectivity index (χ2v) is 6.41. The maximum Gasteiger partial charge on any atom is 0.240 e. The number of benzene rings is 1. The van der Waals surface area contributed by atoms with Crippen LogP contribution in [0.3, 0.4) is 0 Å². The van der Waals surface area contributed by atoms with Gasteiger partial charge >= 0.3 is 0 Å². The van der Waals surface area contributed by atoms with E-state index in [1.807, 2.05) is 27.7 Å². The number of rotatable bonds is 5. The minimum Gasteiger partial charge on any atom is -0.335 e. The van der Waals surface area contributed by atoms with E-state index >= 15 is 0 Å². The Labute approximate surface area is 131 Å². The first-order valence-electron chi connectivity index (χ1n) is 6.74. The molecule has 1 aromatic rings. The molecule has 1 aromatic carbocycles. The molecule has 0 saturated carbocycles. The summed E-state index contributed by atoms with van der Waals surface area (Å²) in [6.07, 6.45) is 0. The molecule has 0 aliphatic heterocycles. The molecule has 0 spiro atoms. The molecule has 0 aliphatic carbocycles. The molecule has 2 N–H and O–H groups in total. The predicted molar refractivity (Wildman–Crippen MR) is 85.0 cm³/mol. The van der Waals surface area contributed by atoms with E-state index in [0.29, 0.717) is 16.6 Å². The van der Waals surface area contributed by atoms with E-state index in [9.17, 15) is 4.79 Å². The Morgan fingerprint density at radius 3 is 2.35 bits per heavy atom. The van der Waals surface area contributed by atoms with Crippen LogP contribution in [0.2, 0.25) is 10.0 Å². The zero-order valence-corrected chi connectivity index (χ0v) is 13.9. The molecule has 5 heteroatoms. The summed E-state index contributed by atoms with van der Waals surface area (Å²) < 4.78 is 0. The van der Waals surface area contributed by atoms with Gasteiger partial charge in [-0.15, -0.1) is 0 Å². The van der Waals surface area contributed by atoms with Crippen LogP contribution in [0.25, 0.3) is 0 Å². The molecule has 0 heterocycles. The van der Waals surface area contributed by atoms with Crippen molar-refractivity contribution < 1.29 is 4.79 Å². The summed E-state index contributed by atoms with van der Waals surface area (Å²) in [5.41, 5.74) is 6.80. The van der Waals surface area contributed by atoms with Gasteiger partial charge in [-0.05, 0) is 43.5 Å². The van der Waals surface area contributed by atoms with Crippen molar-refractivity contribution >= 4 is 29.1 Å². The highest BCUT2D eigenvalue weighted by Crippen LogP contribution is 2.23. The highest BCUT2D eigenvalue weighted by atomic mass is 35.5. The molecule has 1 rings (SSSR count). The summed E-state index contributed by atoms with van der Waals surface area (Å²) in [5.74, 6) is 0.0321. The highest BCUT2D eigenvalue weighted by Gasteiger charge is 2.26. The SMILES string of the molecule is CC(C)[C@H](N)C(=O)N(Cc1cc(Cl)ccc1Cl)C(C)C. The quantitative estimate of drug-likeness (QED) is 0.900. The predicted octanol–water partition coefficient (Wildman–Crippen LogP) is 3.71. The van der Waals surface area contributed by atoms with Gasteiger partial charge in [-0.3, -0.25) is 4.79 Å². The topological polar surface area (TPSA) is 46.3 Å². The average Bonchev–Trinajstić information content (AvgIpc) is 2.37. The normalized spacial score (nSPS) is 12.8. The summed E-state index contributed by atoms with van der Waals surface area (Å²) in [7, 11) is 0. The van der Waals surface area contributed by atoms with Crippen LogP contribution in [0.4, 0.5) is 0 Å². The lowest BCUT2D eigenvalue weighted by molar-refractivity contribution is -0.136. The third kappa shape index (κ3) is 4.37. The maximum atomic E-state index is 12.5. The van der Waals surface area contributed by atoms with Gasteiger partial charge in [0.1, 0.15) is 0 Å². The zero-order valence-electron chi connectivity index (χ0n) is 12.4. The first-order valence-corrected chi connectivity index (χ1v) is 7.49. The average molecular weight is 317 g/mol. The highest BCUT2D eigenvalue weighted by molar-refractivity contribution is 6.33. The standard InChI is InChI=1S/C15H22Cl2N2O/c1-9(2)14(18)15(20)19(10(3)4)8-11-7-12(16)5-6-13(11)17/h5-7,9-10,14H,8,18H2,1-4H3/t14-/m0/s1. The smallest absolute Gasteiger partial charge is 0.240 e. The molecular formula is C15H22Cl2N2O. The summed E-state index contributed by atoms with van der Waals surface area (Å²) in [6.45, 7) is 8.21. The third-order valence-corrected chi connectivity index (χ3v) is 3.86. The van der Waals surface area contributed by atoms with Gasteiger partial charge in [0, 0.05) is 22.6 Å². The number of nitrogens with zero attached hydrogens (tertiary/aromatic N) is 1. The Morgan fingerprint density at radius 1 is 1.25 bits per heavy atom. The first kappa shape index (κ1) is 17.3. The Bertz CT molecular complexity index is 475. The first-order chi connectivity index (χ1) is 9.23. The minimum atomic E-state index is -0.504. The lowest BCUT2D eigenvalue weighted by atomic mass is 10.0. The molecule has 0 aromatic heterocycles. The van der Waals surface area contributed by atoms with Gasteiger partial charge in [0.05, 0.1) is 6.04 Å². The fourth-order valence-electron chi connectivity index (χ4n) is 1.84. The summed E-state index contributed by atoms with van der Waals surface area (Å²) in [5, 5.41) is 1.21. The van der Waals surface area contributed by atoms with Crippen LogP contribution >= 0.6 is 23.2 Å². The number of hydrogen-bond acceptors (Lipinski definition) is 2. The molecule has 20 heavy (non-hydrogen) atoms. The second kappa shape index (κ2) is 7.30. The fourth-order valence-corrected chi connectivity index (χ4v) is 2.21. The van der Waals surface area contributed by atoms with Crippen LogP contribution in [0, 0.1) is 5.92 Å². The van der Waals surface area contributed by atoms with Crippen molar-refractivity contribution in [3.8, 4) is 0 Å². The van der Waals surface area contributed by atoms with Crippen molar-refractivity contribution in [2.24, 2.45) is 11.7 Å². The minimum absolute atomic E-state index is 0.0438. The zero-order chi connectivity index (χ0) is 15.4. The van der Waals surface area contributed by atoms with Gasteiger partial charge in [-0.2, -0.15) is 0 Å². The molecule has 0 bridgehead atoms. The molecule has 0 saturated heterocycles. The van der Waals surface area contributed by atoms with Crippen LogP contribution in [-0.4, -0.2) is 22.9 Å². The molecule has 112 valence electrons. The molecular weight excluding hydrogens is 295 g/mol. The van der Waals surface area contributed by atoms with Crippen LogP contribution in [-0.2, 0) is 11.3 Å². The Kier molecular flexibility index (Phi) is 6.31. The van der Waals surface area contributed by atoms with Crippen molar-refractivity contribution in [1.82, 2.24) is 4.90 Å². The number of amides is 1. The molecule has 3 nitrogen and oxygen atoms in total. The van der Waals surface area contributed by atoms with Crippen molar-refractivity contribution in [3.05, 3.63) is 33.8 Å². The van der Waals surface area contributed by atoms with Crippen molar-refractivity contribution in [1.29, 1.82) is 0 Å². The lowest BCUT2D eigenvalue weighted by Crippen LogP contribution is -2.48. The van der Waals surface area contributed by atoms with E-state index in [1.165, 1.54) is 0 Å². The monoisotopic (exact) mass is 316 g/mol. The lowest BCUT2D eigenvalue weighted by Gasteiger charge is -2.31. The van der Waals surface area contributed by atoms with E-state index in [4.69, 9.17) is 28.9 Å². The maximum absolute atomic E-state index is 12.5. The van der Waals surface area contributed by atoms with Gasteiger partial charge in [0.25, 0.3) is 0 Å².